The van der Waals surface area contributed by atoms with Gasteiger partial charge in [-0.3, -0.25) is 9.59 Å². The molecule has 1 aromatic carbocycles. The van der Waals surface area contributed by atoms with Crippen LogP contribution in [0.4, 0.5) is 5.69 Å². The van der Waals surface area contributed by atoms with Gasteiger partial charge in [-0.15, -0.1) is 0 Å². The van der Waals surface area contributed by atoms with Crippen LogP contribution >= 0.6 is 11.6 Å². The van der Waals surface area contributed by atoms with E-state index in [9.17, 15) is 9.59 Å². The van der Waals surface area contributed by atoms with Crippen LogP contribution in [0.1, 0.15) is 16.2 Å². The third-order valence-electron chi connectivity index (χ3n) is 3.42. The number of ketones is 1. The van der Waals surface area contributed by atoms with Crippen molar-refractivity contribution in [3.63, 3.8) is 0 Å². The number of fused-ring (bicyclic) bond motifs is 1. The Morgan fingerprint density at radius 2 is 2.05 bits per heavy atom. The predicted octanol–water partition coefficient (Wildman–Crippen LogP) is 2.07. The zero-order chi connectivity index (χ0) is 14.3. The molecule has 0 radical (unpaired) electrons. The first kappa shape index (κ1) is 12.9. The number of benzene rings is 1. The van der Waals surface area contributed by atoms with Gasteiger partial charge >= 0.3 is 0 Å². The van der Waals surface area contributed by atoms with E-state index < -0.39 is 11.7 Å². The highest BCUT2D eigenvalue weighted by molar-refractivity contribution is 6.52. The number of rotatable bonds is 3. The normalized spacial score (nSPS) is 14.0. The Kier molecular flexibility index (Phi) is 3.06. The fourth-order valence-electron chi connectivity index (χ4n) is 2.34. The van der Waals surface area contributed by atoms with Crippen LogP contribution < -0.4 is 4.90 Å². The molecular formula is C14H12ClN3O2. The fraction of sp³-hybridized carbons (Fsp3) is 0.214. The van der Waals surface area contributed by atoms with Gasteiger partial charge in [-0.1, -0.05) is 11.6 Å². The molecular weight excluding hydrogens is 278 g/mol. The summed E-state index contributed by atoms with van der Waals surface area (Å²) >= 11 is 5.94. The molecule has 20 heavy (non-hydrogen) atoms. The second-order valence-electron chi connectivity index (χ2n) is 4.62. The van der Waals surface area contributed by atoms with Crippen LogP contribution in [-0.2, 0) is 11.3 Å². The summed E-state index contributed by atoms with van der Waals surface area (Å²) in [5.74, 6) is -0.103. The average molecular weight is 290 g/mol. The quantitative estimate of drug-likeness (QED) is 0.813. The zero-order valence-corrected chi connectivity index (χ0v) is 11.6. The molecule has 5 nitrogen and oxygen atoms in total. The summed E-state index contributed by atoms with van der Waals surface area (Å²) in [6.45, 7) is 2.88. The summed E-state index contributed by atoms with van der Waals surface area (Å²) < 4.78 is 1.93. The molecule has 0 bridgehead atoms. The van der Waals surface area contributed by atoms with Crippen LogP contribution in [0.25, 0.3) is 0 Å². The molecule has 0 spiro atoms. The van der Waals surface area contributed by atoms with Crippen LogP contribution in [0.15, 0.2) is 30.6 Å². The number of carbonyl (C=O) groups excluding carboxylic acids is 2. The average Bonchev–Trinajstić information content (AvgIpc) is 2.92. The molecule has 1 aromatic heterocycles. The molecule has 1 aliphatic rings. The third-order valence-corrected chi connectivity index (χ3v) is 3.66. The highest BCUT2D eigenvalue weighted by Crippen LogP contribution is 2.31. The smallest absolute Gasteiger partial charge is 0.299 e. The number of aromatic nitrogens is 2. The molecule has 0 N–H and O–H groups in total. The summed E-state index contributed by atoms with van der Waals surface area (Å²) in [7, 11) is 0. The van der Waals surface area contributed by atoms with Crippen molar-refractivity contribution in [2.75, 3.05) is 11.4 Å². The summed E-state index contributed by atoms with van der Waals surface area (Å²) in [5.41, 5.74) is 1.01. The molecule has 6 heteroatoms. The van der Waals surface area contributed by atoms with Crippen molar-refractivity contribution in [3.05, 3.63) is 47.0 Å². The van der Waals surface area contributed by atoms with Gasteiger partial charge in [0.2, 0.25) is 0 Å². The summed E-state index contributed by atoms with van der Waals surface area (Å²) in [4.78, 5) is 29.5. The molecule has 0 atom stereocenters. The maximum atomic E-state index is 12.0. The minimum Gasteiger partial charge on any atom is -0.333 e. The molecule has 0 saturated heterocycles. The van der Waals surface area contributed by atoms with E-state index in [-0.39, 0.29) is 0 Å². The van der Waals surface area contributed by atoms with Crippen LogP contribution in [0.2, 0.25) is 5.02 Å². The Hall–Kier alpha value is -2.14. The lowest BCUT2D eigenvalue weighted by Crippen LogP contribution is -2.32. The number of amides is 1. The van der Waals surface area contributed by atoms with E-state index in [1.165, 1.54) is 4.90 Å². The van der Waals surface area contributed by atoms with E-state index in [2.05, 4.69) is 4.98 Å². The maximum absolute atomic E-state index is 12.0. The SMILES string of the molecule is Cc1nccn1CCN1C(=O)C(=O)c2ccc(Cl)cc21. The lowest BCUT2D eigenvalue weighted by Gasteiger charge is -2.17. The molecule has 0 unspecified atom stereocenters. The van der Waals surface area contributed by atoms with Crippen molar-refractivity contribution in [1.82, 2.24) is 9.55 Å². The maximum Gasteiger partial charge on any atom is 0.299 e. The van der Waals surface area contributed by atoms with E-state index >= 15 is 0 Å². The summed E-state index contributed by atoms with van der Waals surface area (Å²) in [6.07, 6.45) is 3.55. The number of hydrogen-bond donors (Lipinski definition) is 0. The monoisotopic (exact) mass is 289 g/mol. The fourth-order valence-corrected chi connectivity index (χ4v) is 2.50. The number of anilines is 1. The Bertz CT molecular complexity index is 708. The van der Waals surface area contributed by atoms with E-state index in [0.29, 0.717) is 29.4 Å². The van der Waals surface area contributed by atoms with Crippen molar-refractivity contribution in [2.24, 2.45) is 0 Å². The minimum atomic E-state index is -0.500. The van der Waals surface area contributed by atoms with Crippen LogP contribution in [0.3, 0.4) is 0 Å². The summed E-state index contributed by atoms with van der Waals surface area (Å²) in [5, 5.41) is 0.509. The standard InChI is InChI=1S/C14H12ClN3O2/c1-9-16-4-5-17(9)6-7-18-12-8-10(15)2-3-11(12)13(19)14(18)20/h2-5,8H,6-7H2,1H3. The number of hydrogen-bond acceptors (Lipinski definition) is 3. The van der Waals surface area contributed by atoms with Crippen LogP contribution in [-0.4, -0.2) is 27.8 Å². The van der Waals surface area contributed by atoms with Crippen LogP contribution in [0.5, 0.6) is 0 Å². The molecule has 0 fully saturated rings. The van der Waals surface area contributed by atoms with Gasteiger partial charge in [0.05, 0.1) is 11.3 Å². The van der Waals surface area contributed by atoms with E-state index in [4.69, 9.17) is 11.6 Å². The van der Waals surface area contributed by atoms with Crippen molar-refractivity contribution in [1.29, 1.82) is 0 Å². The van der Waals surface area contributed by atoms with Crippen molar-refractivity contribution in [2.45, 2.75) is 13.5 Å². The minimum absolute atomic E-state index is 0.412. The van der Waals surface area contributed by atoms with Crippen molar-refractivity contribution < 1.29 is 9.59 Å². The van der Waals surface area contributed by atoms with Gasteiger partial charge < -0.3 is 9.47 Å². The van der Waals surface area contributed by atoms with Gasteiger partial charge in [-0.05, 0) is 25.1 Å². The Labute approximate surface area is 120 Å². The summed E-state index contributed by atoms with van der Waals surface area (Å²) in [6, 6.07) is 4.87. The highest BCUT2D eigenvalue weighted by Gasteiger charge is 2.35. The molecule has 1 aliphatic heterocycles. The van der Waals surface area contributed by atoms with Gasteiger partial charge in [0, 0.05) is 30.5 Å². The number of Topliss-reactive ketones (excluding diaryl/α,β-unsaturated/α-hetero) is 1. The Morgan fingerprint density at radius 1 is 1.25 bits per heavy atom. The van der Waals surface area contributed by atoms with Gasteiger partial charge in [0.25, 0.3) is 11.7 Å². The highest BCUT2D eigenvalue weighted by atomic mass is 35.5. The van der Waals surface area contributed by atoms with Crippen molar-refractivity contribution in [3.8, 4) is 0 Å². The largest absolute Gasteiger partial charge is 0.333 e. The molecule has 3 rings (SSSR count). The van der Waals surface area contributed by atoms with Gasteiger partial charge in [-0.25, -0.2) is 4.98 Å². The Balaban J connectivity index is 1.87. The lowest BCUT2D eigenvalue weighted by atomic mass is 10.1. The van der Waals surface area contributed by atoms with Crippen molar-refractivity contribution >= 4 is 29.0 Å². The molecule has 1 amide bonds. The predicted molar refractivity (Wildman–Crippen MR) is 75.1 cm³/mol. The van der Waals surface area contributed by atoms with Gasteiger partial charge in [0.1, 0.15) is 5.82 Å². The number of nitrogens with zero attached hydrogens (tertiary/aromatic N) is 3. The third kappa shape index (κ3) is 2.00. The first-order chi connectivity index (χ1) is 9.58. The second kappa shape index (κ2) is 4.76. The Morgan fingerprint density at radius 3 is 2.75 bits per heavy atom. The molecule has 102 valence electrons. The molecule has 2 aromatic rings. The molecule has 0 aliphatic carbocycles. The van der Waals surface area contributed by atoms with Gasteiger partial charge in [0.15, 0.2) is 0 Å². The number of halogens is 1. The van der Waals surface area contributed by atoms with Crippen LogP contribution in [0, 0.1) is 6.92 Å². The van der Waals surface area contributed by atoms with E-state index in [1.807, 2.05) is 17.7 Å². The zero-order valence-electron chi connectivity index (χ0n) is 10.8. The number of imidazole rings is 1. The molecule has 0 saturated carbocycles. The van der Waals surface area contributed by atoms with Gasteiger partial charge in [-0.2, -0.15) is 0 Å². The number of carbonyl (C=O) groups is 2. The number of aryl methyl sites for hydroxylation is 1. The topological polar surface area (TPSA) is 55.2 Å². The van der Waals surface area contributed by atoms with E-state index in [1.54, 1.807) is 24.4 Å². The first-order valence-electron chi connectivity index (χ1n) is 6.21. The second-order valence-corrected chi connectivity index (χ2v) is 5.05. The van der Waals surface area contributed by atoms with E-state index in [0.717, 1.165) is 5.82 Å². The first-order valence-corrected chi connectivity index (χ1v) is 6.59. The molecule has 2 heterocycles. The lowest BCUT2D eigenvalue weighted by molar-refractivity contribution is -0.114.